The molecule has 0 unspecified atom stereocenters. The Morgan fingerprint density at radius 3 is 2.61 bits per heavy atom. The van der Waals surface area contributed by atoms with Crippen LogP contribution in [-0.4, -0.2) is 47.7 Å². The number of alkyl halides is 3. The van der Waals surface area contributed by atoms with Crippen molar-refractivity contribution in [3.05, 3.63) is 0 Å². The molecule has 5 nitrogen and oxygen atoms in total. The van der Waals surface area contributed by atoms with Gasteiger partial charge in [-0.1, -0.05) is 0 Å². The fourth-order valence-electron chi connectivity index (χ4n) is 1.81. The van der Waals surface area contributed by atoms with Crippen molar-refractivity contribution in [1.82, 2.24) is 5.32 Å². The Morgan fingerprint density at radius 1 is 1.50 bits per heavy atom. The van der Waals surface area contributed by atoms with E-state index in [0.29, 0.717) is 0 Å². The van der Waals surface area contributed by atoms with Crippen molar-refractivity contribution in [3.8, 4) is 0 Å². The molecule has 0 saturated carbocycles. The summed E-state index contributed by atoms with van der Waals surface area (Å²) in [5.74, 6) is -1.76. The largest absolute Gasteiger partial charge is 0.448 e. The number of carbonyl (C=O) groups is 1. The van der Waals surface area contributed by atoms with Gasteiger partial charge in [0.2, 0.25) is 0 Å². The van der Waals surface area contributed by atoms with Gasteiger partial charge in [0.05, 0.1) is 27.5 Å². The fraction of sp³-hybridized carbons (Fsp3) is 0.889. The van der Waals surface area contributed by atoms with E-state index in [1.54, 1.807) is 0 Å². The monoisotopic (exact) mass is 288 g/mol. The van der Waals surface area contributed by atoms with Crippen LogP contribution in [-0.2, 0) is 14.5 Å². The van der Waals surface area contributed by atoms with E-state index in [1.165, 1.54) is 6.92 Å². The van der Waals surface area contributed by atoms with E-state index in [4.69, 9.17) is 0 Å². The lowest BCUT2D eigenvalue weighted by Gasteiger charge is -2.21. The Bertz CT molecular complexity index is 429. The first-order chi connectivity index (χ1) is 8.18. The Morgan fingerprint density at radius 2 is 2.11 bits per heavy atom. The van der Waals surface area contributed by atoms with Gasteiger partial charge in [0.15, 0.2) is 0 Å². The van der Waals surface area contributed by atoms with E-state index in [2.05, 4.69) is 14.4 Å². The number of ether oxygens (including phenoxy) is 1. The third kappa shape index (κ3) is 3.58. The van der Waals surface area contributed by atoms with Crippen LogP contribution in [0.4, 0.5) is 18.0 Å². The molecular formula is C9H15F3N2O3S. The minimum Gasteiger partial charge on any atom is -0.448 e. The molecule has 0 aromatic rings. The molecule has 3 atom stereocenters. The van der Waals surface area contributed by atoms with Crippen LogP contribution in [0.3, 0.4) is 0 Å². The number of hydrogen-bond acceptors (Lipinski definition) is 4. The summed E-state index contributed by atoms with van der Waals surface area (Å²) < 4.78 is 58.0. The number of hydrogen-bond donors (Lipinski definition) is 1. The SMILES string of the molecule is CCOC(=O)N=[S@](C)(=O)[C@H]1CNC[C@@H]1C(F)(F)F. The maximum atomic E-state index is 12.7. The lowest BCUT2D eigenvalue weighted by atomic mass is 10.1. The predicted molar refractivity (Wildman–Crippen MR) is 59.7 cm³/mol. The summed E-state index contributed by atoms with van der Waals surface area (Å²) in [4.78, 5) is 11.1. The summed E-state index contributed by atoms with van der Waals surface area (Å²) in [6.45, 7) is 1.17. The molecule has 0 aromatic heterocycles. The Balaban J connectivity index is 2.97. The zero-order valence-electron chi connectivity index (χ0n) is 9.99. The van der Waals surface area contributed by atoms with Crippen molar-refractivity contribution in [2.24, 2.45) is 10.3 Å². The molecule has 1 rings (SSSR count). The molecular weight excluding hydrogens is 273 g/mol. The summed E-state index contributed by atoms with van der Waals surface area (Å²) in [7, 11) is -3.30. The number of nitrogens with zero attached hydrogens (tertiary/aromatic N) is 1. The van der Waals surface area contributed by atoms with Crippen molar-refractivity contribution in [2.45, 2.75) is 18.3 Å². The second-order valence-corrected chi connectivity index (χ2v) is 6.51. The standard InChI is InChI=1S/C9H15F3N2O3S/c1-3-17-8(15)14-18(2,16)7-5-13-4-6(7)9(10,11)12/h6-7,13H,3-5H2,1-2H3/t6-,7-,18+/m0/s1. The van der Waals surface area contributed by atoms with E-state index in [9.17, 15) is 22.2 Å². The van der Waals surface area contributed by atoms with Gasteiger partial charge < -0.3 is 10.1 Å². The molecule has 1 heterocycles. The number of amides is 1. The van der Waals surface area contributed by atoms with Crippen LogP contribution < -0.4 is 5.32 Å². The summed E-state index contributed by atoms with van der Waals surface area (Å²) >= 11 is 0. The molecule has 1 aliphatic heterocycles. The fourth-order valence-corrected chi connectivity index (χ4v) is 3.58. The van der Waals surface area contributed by atoms with E-state index in [0.717, 1.165) is 6.26 Å². The molecule has 0 spiro atoms. The summed E-state index contributed by atoms with van der Waals surface area (Å²) in [5.41, 5.74) is 0. The van der Waals surface area contributed by atoms with Gasteiger partial charge in [0, 0.05) is 19.3 Å². The first-order valence-corrected chi connectivity index (χ1v) is 7.32. The zero-order valence-corrected chi connectivity index (χ0v) is 10.8. The summed E-state index contributed by atoms with van der Waals surface area (Å²) in [5, 5.41) is 1.29. The van der Waals surface area contributed by atoms with Gasteiger partial charge in [-0.3, -0.25) is 0 Å². The van der Waals surface area contributed by atoms with Crippen LogP contribution in [0.25, 0.3) is 0 Å². The topological polar surface area (TPSA) is 67.8 Å². The average molecular weight is 288 g/mol. The first-order valence-electron chi connectivity index (χ1n) is 5.33. The van der Waals surface area contributed by atoms with Crippen LogP contribution in [0, 0.1) is 5.92 Å². The average Bonchev–Trinajstić information content (AvgIpc) is 2.64. The molecule has 0 aliphatic carbocycles. The van der Waals surface area contributed by atoms with Gasteiger partial charge in [0.25, 0.3) is 0 Å². The van der Waals surface area contributed by atoms with E-state index < -0.39 is 33.2 Å². The molecule has 0 aromatic carbocycles. The Hall–Kier alpha value is -0.830. The molecule has 9 heteroatoms. The molecule has 106 valence electrons. The lowest BCUT2D eigenvalue weighted by Crippen LogP contribution is -2.38. The van der Waals surface area contributed by atoms with Gasteiger partial charge >= 0.3 is 12.3 Å². The second-order valence-electron chi connectivity index (χ2n) is 4.00. The maximum absolute atomic E-state index is 12.7. The normalized spacial score (nSPS) is 27.6. The van der Waals surface area contributed by atoms with Gasteiger partial charge in [-0.15, -0.1) is 4.36 Å². The molecule has 0 radical (unpaired) electrons. The summed E-state index contributed by atoms with van der Waals surface area (Å²) in [6, 6.07) is 0. The zero-order chi connectivity index (χ0) is 14.0. The van der Waals surface area contributed by atoms with E-state index in [-0.39, 0.29) is 19.7 Å². The Kier molecular flexibility index (Phi) is 4.60. The van der Waals surface area contributed by atoms with E-state index >= 15 is 0 Å². The highest BCUT2D eigenvalue weighted by Gasteiger charge is 2.50. The van der Waals surface area contributed by atoms with Crippen LogP contribution in [0.1, 0.15) is 6.92 Å². The van der Waals surface area contributed by atoms with Crippen molar-refractivity contribution < 1.29 is 26.9 Å². The summed E-state index contributed by atoms with van der Waals surface area (Å²) in [6.07, 6.45) is -4.49. The maximum Gasteiger partial charge on any atom is 0.441 e. The molecule has 18 heavy (non-hydrogen) atoms. The van der Waals surface area contributed by atoms with Crippen LogP contribution in [0.5, 0.6) is 0 Å². The van der Waals surface area contributed by atoms with Crippen molar-refractivity contribution in [2.75, 3.05) is 26.0 Å². The molecule has 1 N–H and O–H groups in total. The number of rotatable bonds is 2. The van der Waals surface area contributed by atoms with Crippen LogP contribution in [0.2, 0.25) is 0 Å². The minimum absolute atomic E-state index is 0.0312. The van der Waals surface area contributed by atoms with Gasteiger partial charge in [0.1, 0.15) is 0 Å². The molecule has 0 bridgehead atoms. The second kappa shape index (κ2) is 5.43. The Labute approximate surface area is 103 Å². The highest BCUT2D eigenvalue weighted by atomic mass is 32.2. The molecule has 1 aliphatic rings. The highest BCUT2D eigenvalue weighted by molar-refractivity contribution is 7.93. The van der Waals surface area contributed by atoms with Crippen molar-refractivity contribution >= 4 is 15.8 Å². The molecule has 1 amide bonds. The number of halogens is 3. The lowest BCUT2D eigenvalue weighted by molar-refractivity contribution is -0.167. The predicted octanol–water partition coefficient (Wildman–Crippen LogP) is 1.39. The van der Waals surface area contributed by atoms with Crippen molar-refractivity contribution in [3.63, 3.8) is 0 Å². The highest BCUT2D eigenvalue weighted by Crippen LogP contribution is 2.34. The minimum atomic E-state index is -4.46. The van der Waals surface area contributed by atoms with E-state index in [1.807, 2.05) is 0 Å². The van der Waals surface area contributed by atoms with Gasteiger partial charge in [-0.05, 0) is 6.92 Å². The number of nitrogens with one attached hydrogen (secondary N) is 1. The smallest absolute Gasteiger partial charge is 0.441 e. The van der Waals surface area contributed by atoms with Gasteiger partial charge in [-0.25, -0.2) is 9.00 Å². The first kappa shape index (κ1) is 15.2. The third-order valence-electron chi connectivity index (χ3n) is 2.66. The molecule has 1 saturated heterocycles. The van der Waals surface area contributed by atoms with Crippen LogP contribution >= 0.6 is 0 Å². The third-order valence-corrected chi connectivity index (χ3v) is 4.79. The van der Waals surface area contributed by atoms with Gasteiger partial charge in [-0.2, -0.15) is 13.2 Å². The van der Waals surface area contributed by atoms with Crippen LogP contribution in [0.15, 0.2) is 4.36 Å². The number of carbonyl (C=O) groups excluding carboxylic acids is 1. The quantitative estimate of drug-likeness (QED) is 0.834. The molecule has 1 fully saturated rings. The van der Waals surface area contributed by atoms with Crippen molar-refractivity contribution in [1.29, 1.82) is 0 Å².